The number of carbonyl (C=O) groups is 3. The first-order chi connectivity index (χ1) is 11.4. The number of nitrogens with zero attached hydrogens (tertiary/aromatic N) is 2. The lowest BCUT2D eigenvalue weighted by Gasteiger charge is -2.36. The molecular formula is C18H24N2O4. The summed E-state index contributed by atoms with van der Waals surface area (Å²) in [5.41, 5.74) is 1.74. The Hall–Kier alpha value is -2.37. The molecule has 6 heteroatoms. The lowest BCUT2D eigenvalue weighted by molar-refractivity contribution is -0.138. The number of hydrogen-bond donors (Lipinski definition) is 1. The Morgan fingerprint density at radius 2 is 1.62 bits per heavy atom. The van der Waals surface area contributed by atoms with Crippen LogP contribution in [-0.2, 0) is 9.59 Å². The molecule has 1 aromatic rings. The molecule has 24 heavy (non-hydrogen) atoms. The largest absolute Gasteiger partial charge is 0.481 e. The van der Waals surface area contributed by atoms with Crippen LogP contribution in [0.25, 0.3) is 0 Å². The quantitative estimate of drug-likeness (QED) is 0.807. The first kappa shape index (κ1) is 18.0. The van der Waals surface area contributed by atoms with Crippen LogP contribution in [0, 0.1) is 5.92 Å². The van der Waals surface area contributed by atoms with Crippen LogP contribution in [0.5, 0.6) is 0 Å². The number of Topliss-reactive ketones (excluding diaryl/α,β-unsaturated/α-hetero) is 1. The molecule has 6 nitrogen and oxygen atoms in total. The fourth-order valence-electron chi connectivity index (χ4n) is 2.92. The molecule has 0 aromatic heterocycles. The Kier molecular flexibility index (Phi) is 5.95. The average molecular weight is 332 g/mol. The predicted molar refractivity (Wildman–Crippen MR) is 91.3 cm³/mol. The summed E-state index contributed by atoms with van der Waals surface area (Å²) in [7, 11) is 0. The third-order valence-electron chi connectivity index (χ3n) is 4.32. The van der Waals surface area contributed by atoms with Crippen molar-refractivity contribution >= 4 is 23.3 Å². The van der Waals surface area contributed by atoms with Gasteiger partial charge < -0.3 is 14.9 Å². The Bertz CT molecular complexity index is 604. The molecule has 0 aliphatic carbocycles. The van der Waals surface area contributed by atoms with Crippen molar-refractivity contribution in [2.45, 2.75) is 26.7 Å². The molecule has 2 rings (SSSR count). The minimum absolute atomic E-state index is 0.0220. The van der Waals surface area contributed by atoms with Crippen molar-refractivity contribution in [1.29, 1.82) is 0 Å². The number of anilines is 1. The second-order valence-corrected chi connectivity index (χ2v) is 6.38. The summed E-state index contributed by atoms with van der Waals surface area (Å²) in [5, 5.41) is 8.77. The van der Waals surface area contributed by atoms with Gasteiger partial charge in [0.15, 0.2) is 5.78 Å². The third kappa shape index (κ3) is 4.81. The summed E-state index contributed by atoms with van der Waals surface area (Å²) >= 11 is 0. The van der Waals surface area contributed by atoms with E-state index in [-0.39, 0.29) is 30.4 Å². The number of carboxylic acid groups (broad SMARTS) is 1. The van der Waals surface area contributed by atoms with E-state index in [1.807, 2.05) is 24.3 Å². The Morgan fingerprint density at radius 3 is 2.12 bits per heavy atom. The van der Waals surface area contributed by atoms with E-state index >= 15 is 0 Å². The summed E-state index contributed by atoms with van der Waals surface area (Å²) in [4.78, 5) is 38.2. The van der Waals surface area contributed by atoms with Gasteiger partial charge in [-0.3, -0.25) is 14.4 Å². The molecule has 0 bridgehead atoms. The van der Waals surface area contributed by atoms with Gasteiger partial charge in [0, 0.05) is 50.3 Å². The fraction of sp³-hybridized carbons (Fsp3) is 0.500. The molecule has 1 amide bonds. The molecular weight excluding hydrogens is 308 g/mol. The molecule has 0 spiro atoms. The summed E-state index contributed by atoms with van der Waals surface area (Å²) in [6.07, 6.45) is 0.299. The van der Waals surface area contributed by atoms with E-state index in [0.717, 1.165) is 18.8 Å². The number of carboxylic acids is 1. The van der Waals surface area contributed by atoms with Crippen molar-refractivity contribution in [1.82, 2.24) is 4.90 Å². The predicted octanol–water partition coefficient (Wildman–Crippen LogP) is 2.04. The summed E-state index contributed by atoms with van der Waals surface area (Å²) in [6.45, 7) is 6.07. The minimum atomic E-state index is -0.867. The highest BCUT2D eigenvalue weighted by Gasteiger charge is 2.23. The molecule has 0 unspecified atom stereocenters. The highest BCUT2D eigenvalue weighted by molar-refractivity contribution is 5.94. The number of rotatable bonds is 6. The van der Waals surface area contributed by atoms with Gasteiger partial charge in [0.1, 0.15) is 0 Å². The second kappa shape index (κ2) is 7.95. The van der Waals surface area contributed by atoms with Crippen LogP contribution in [0.15, 0.2) is 24.3 Å². The molecule has 0 saturated carbocycles. The third-order valence-corrected chi connectivity index (χ3v) is 4.32. The molecule has 1 aliphatic rings. The van der Waals surface area contributed by atoms with E-state index in [2.05, 4.69) is 4.90 Å². The molecule has 1 N–H and O–H groups in total. The number of amides is 1. The van der Waals surface area contributed by atoms with Crippen LogP contribution in [-0.4, -0.2) is 53.8 Å². The topological polar surface area (TPSA) is 77.9 Å². The smallest absolute Gasteiger partial charge is 0.303 e. The van der Waals surface area contributed by atoms with Crippen LogP contribution in [0.3, 0.4) is 0 Å². The highest BCUT2D eigenvalue weighted by Crippen LogP contribution is 2.19. The number of aliphatic carboxylic acids is 1. The summed E-state index contributed by atoms with van der Waals surface area (Å²) in [5.74, 6) is -0.941. The molecule has 1 atom stereocenters. The van der Waals surface area contributed by atoms with Gasteiger partial charge in [-0.15, -0.1) is 0 Å². The van der Waals surface area contributed by atoms with Crippen molar-refractivity contribution in [3.8, 4) is 0 Å². The Balaban J connectivity index is 1.85. The van der Waals surface area contributed by atoms with E-state index in [1.165, 1.54) is 0 Å². The summed E-state index contributed by atoms with van der Waals surface area (Å²) in [6, 6.07) is 7.51. The molecule has 1 heterocycles. The van der Waals surface area contributed by atoms with Crippen molar-refractivity contribution in [2.75, 3.05) is 31.1 Å². The normalized spacial score (nSPS) is 15.9. The van der Waals surface area contributed by atoms with Gasteiger partial charge >= 0.3 is 5.97 Å². The van der Waals surface area contributed by atoms with E-state index in [9.17, 15) is 14.4 Å². The maximum atomic E-state index is 12.2. The van der Waals surface area contributed by atoms with Gasteiger partial charge in [-0.25, -0.2) is 0 Å². The second-order valence-electron chi connectivity index (χ2n) is 6.38. The van der Waals surface area contributed by atoms with E-state index in [4.69, 9.17) is 5.11 Å². The molecule has 1 fully saturated rings. The average Bonchev–Trinajstić information content (AvgIpc) is 2.54. The molecule has 130 valence electrons. The summed E-state index contributed by atoms with van der Waals surface area (Å²) < 4.78 is 0. The standard InChI is InChI=1S/C18H24N2O4/c1-13(12-18(23)24)11-17(22)20-9-7-19(8-10-20)16-5-3-15(4-6-16)14(2)21/h3-6,13H,7-12H2,1-2H3,(H,23,24)/t13-/m0/s1. The lowest BCUT2D eigenvalue weighted by Crippen LogP contribution is -2.49. The zero-order chi connectivity index (χ0) is 17.7. The van der Waals surface area contributed by atoms with Crippen LogP contribution < -0.4 is 4.90 Å². The molecule has 1 aromatic carbocycles. The number of hydrogen-bond acceptors (Lipinski definition) is 4. The number of carbonyl (C=O) groups excluding carboxylic acids is 2. The Labute approximate surface area is 142 Å². The maximum absolute atomic E-state index is 12.2. The monoisotopic (exact) mass is 332 g/mol. The van der Waals surface area contributed by atoms with Gasteiger partial charge in [-0.2, -0.15) is 0 Å². The maximum Gasteiger partial charge on any atom is 0.303 e. The zero-order valence-corrected chi connectivity index (χ0v) is 14.2. The van der Waals surface area contributed by atoms with Gasteiger partial charge in [0.05, 0.1) is 0 Å². The van der Waals surface area contributed by atoms with Crippen molar-refractivity contribution < 1.29 is 19.5 Å². The van der Waals surface area contributed by atoms with Crippen LogP contribution in [0.4, 0.5) is 5.69 Å². The van der Waals surface area contributed by atoms with Crippen LogP contribution >= 0.6 is 0 Å². The fourth-order valence-corrected chi connectivity index (χ4v) is 2.92. The molecule has 1 saturated heterocycles. The van der Waals surface area contributed by atoms with E-state index in [1.54, 1.807) is 18.7 Å². The van der Waals surface area contributed by atoms with Gasteiger partial charge in [-0.05, 0) is 37.1 Å². The zero-order valence-electron chi connectivity index (χ0n) is 14.2. The molecule has 1 aliphatic heterocycles. The minimum Gasteiger partial charge on any atom is -0.481 e. The SMILES string of the molecule is CC(=O)c1ccc(N2CCN(C(=O)C[C@H](C)CC(=O)O)CC2)cc1. The number of piperazine rings is 1. The van der Waals surface area contributed by atoms with Gasteiger partial charge in [-0.1, -0.05) is 6.92 Å². The highest BCUT2D eigenvalue weighted by atomic mass is 16.4. The van der Waals surface area contributed by atoms with Crippen LogP contribution in [0.2, 0.25) is 0 Å². The van der Waals surface area contributed by atoms with E-state index < -0.39 is 5.97 Å². The van der Waals surface area contributed by atoms with Crippen LogP contribution in [0.1, 0.15) is 37.0 Å². The molecule has 0 radical (unpaired) electrons. The first-order valence-corrected chi connectivity index (χ1v) is 8.22. The van der Waals surface area contributed by atoms with Gasteiger partial charge in [0.25, 0.3) is 0 Å². The van der Waals surface area contributed by atoms with Gasteiger partial charge in [0.2, 0.25) is 5.91 Å². The van der Waals surface area contributed by atoms with Crippen molar-refractivity contribution in [3.63, 3.8) is 0 Å². The lowest BCUT2D eigenvalue weighted by atomic mass is 10.0. The number of benzene rings is 1. The first-order valence-electron chi connectivity index (χ1n) is 8.22. The van der Waals surface area contributed by atoms with Crippen molar-refractivity contribution in [2.24, 2.45) is 5.92 Å². The number of ketones is 1. The Morgan fingerprint density at radius 1 is 1.04 bits per heavy atom. The van der Waals surface area contributed by atoms with Crippen molar-refractivity contribution in [3.05, 3.63) is 29.8 Å². The van der Waals surface area contributed by atoms with E-state index in [0.29, 0.717) is 18.7 Å².